The molecule has 0 spiro atoms. The molecule has 0 saturated heterocycles. The van der Waals surface area contributed by atoms with Gasteiger partial charge in [0, 0.05) is 5.56 Å². The van der Waals surface area contributed by atoms with Crippen LogP contribution in [0.15, 0.2) is 97.1 Å². The summed E-state index contributed by atoms with van der Waals surface area (Å²) in [5.74, 6) is 0.590. The second kappa shape index (κ2) is 7.24. The van der Waals surface area contributed by atoms with E-state index in [4.69, 9.17) is 4.74 Å². The lowest BCUT2D eigenvalue weighted by atomic mass is 9.96. The van der Waals surface area contributed by atoms with Crippen molar-refractivity contribution in [1.82, 2.24) is 0 Å². The highest BCUT2D eigenvalue weighted by atomic mass is 16.5. The monoisotopic (exact) mass is 338 g/mol. The Morgan fingerprint density at radius 1 is 0.692 bits per heavy atom. The molecular formula is C24H18O2. The van der Waals surface area contributed by atoms with Crippen molar-refractivity contribution < 1.29 is 9.53 Å². The number of ether oxygens (including phenoxy) is 1. The molecule has 126 valence electrons. The summed E-state index contributed by atoms with van der Waals surface area (Å²) in [4.78, 5) is 13.2. The summed E-state index contributed by atoms with van der Waals surface area (Å²) in [5.41, 5.74) is 2.34. The van der Waals surface area contributed by atoms with Gasteiger partial charge in [-0.25, -0.2) is 0 Å². The van der Waals surface area contributed by atoms with Crippen molar-refractivity contribution in [2.24, 2.45) is 0 Å². The van der Waals surface area contributed by atoms with Gasteiger partial charge < -0.3 is 4.74 Å². The van der Waals surface area contributed by atoms with Crippen molar-refractivity contribution in [3.8, 4) is 5.75 Å². The van der Waals surface area contributed by atoms with Gasteiger partial charge in [0.15, 0.2) is 5.78 Å². The summed E-state index contributed by atoms with van der Waals surface area (Å²) in [6, 6.07) is 31.1. The smallest absolute Gasteiger partial charge is 0.197 e. The Morgan fingerprint density at radius 2 is 1.35 bits per heavy atom. The molecule has 2 heteroatoms. The van der Waals surface area contributed by atoms with Crippen LogP contribution in [0.2, 0.25) is 0 Å². The average molecular weight is 338 g/mol. The Kier molecular flexibility index (Phi) is 4.48. The highest BCUT2D eigenvalue weighted by Crippen LogP contribution is 2.31. The Morgan fingerprint density at radius 3 is 2.12 bits per heavy atom. The first-order chi connectivity index (χ1) is 12.8. The molecule has 0 N–H and O–H groups in total. The number of rotatable bonds is 5. The summed E-state index contributed by atoms with van der Waals surface area (Å²) in [6.07, 6.45) is 0. The molecule has 0 fully saturated rings. The number of carbonyl (C=O) groups is 1. The van der Waals surface area contributed by atoms with Crippen LogP contribution in [0, 0.1) is 0 Å². The molecule has 0 heterocycles. The molecule has 4 aromatic carbocycles. The van der Waals surface area contributed by atoms with Gasteiger partial charge in [-0.1, -0.05) is 91.0 Å². The highest BCUT2D eigenvalue weighted by molar-refractivity contribution is 6.18. The molecule has 4 aromatic rings. The number of ketones is 1. The molecule has 0 bridgehead atoms. The number of benzene rings is 4. The maximum atomic E-state index is 13.2. The predicted molar refractivity (Wildman–Crippen MR) is 105 cm³/mol. The van der Waals surface area contributed by atoms with Gasteiger partial charge in [-0.2, -0.15) is 0 Å². The first kappa shape index (κ1) is 16.1. The molecule has 0 aromatic heterocycles. The van der Waals surface area contributed by atoms with Crippen molar-refractivity contribution in [1.29, 1.82) is 0 Å². The van der Waals surface area contributed by atoms with Crippen LogP contribution < -0.4 is 4.74 Å². The van der Waals surface area contributed by atoms with E-state index >= 15 is 0 Å². The Bertz CT molecular complexity index is 1040. The van der Waals surface area contributed by atoms with Crippen LogP contribution in [-0.2, 0) is 6.61 Å². The van der Waals surface area contributed by atoms with Crippen LogP contribution in [0.5, 0.6) is 5.75 Å². The van der Waals surface area contributed by atoms with E-state index in [0.717, 1.165) is 16.3 Å². The van der Waals surface area contributed by atoms with E-state index in [1.165, 1.54) is 0 Å². The zero-order chi connectivity index (χ0) is 17.8. The zero-order valence-corrected chi connectivity index (χ0v) is 14.3. The SMILES string of the molecule is O=C(c1ccccc1)c1c(OCc2ccccc2)ccc2ccccc12. The quantitative estimate of drug-likeness (QED) is 0.440. The molecule has 4 rings (SSSR count). The zero-order valence-electron chi connectivity index (χ0n) is 14.3. The Hall–Kier alpha value is -3.39. The van der Waals surface area contributed by atoms with Gasteiger partial charge in [0.05, 0.1) is 5.56 Å². The molecule has 26 heavy (non-hydrogen) atoms. The van der Waals surface area contributed by atoms with Crippen LogP contribution in [0.4, 0.5) is 0 Å². The fraction of sp³-hybridized carbons (Fsp3) is 0.0417. The predicted octanol–water partition coefficient (Wildman–Crippen LogP) is 5.65. The van der Waals surface area contributed by atoms with E-state index < -0.39 is 0 Å². The second-order valence-corrected chi connectivity index (χ2v) is 6.13. The number of carbonyl (C=O) groups excluding carboxylic acids is 1. The first-order valence-electron chi connectivity index (χ1n) is 8.61. The van der Waals surface area contributed by atoms with Crippen molar-refractivity contribution >= 4 is 16.6 Å². The van der Waals surface area contributed by atoms with E-state index in [2.05, 4.69) is 0 Å². The van der Waals surface area contributed by atoms with Crippen molar-refractivity contribution in [2.45, 2.75) is 6.61 Å². The molecule has 0 aliphatic rings. The summed E-state index contributed by atoms with van der Waals surface area (Å²) < 4.78 is 6.05. The van der Waals surface area contributed by atoms with Crippen LogP contribution in [-0.4, -0.2) is 5.78 Å². The van der Waals surface area contributed by atoms with E-state index in [1.54, 1.807) is 0 Å². The van der Waals surface area contributed by atoms with Gasteiger partial charge in [0.2, 0.25) is 0 Å². The van der Waals surface area contributed by atoms with E-state index in [1.807, 2.05) is 97.1 Å². The van der Waals surface area contributed by atoms with Crippen LogP contribution in [0.1, 0.15) is 21.5 Å². The number of fused-ring (bicyclic) bond motifs is 1. The largest absolute Gasteiger partial charge is 0.488 e. The van der Waals surface area contributed by atoms with Crippen molar-refractivity contribution in [3.05, 3.63) is 114 Å². The molecule has 0 radical (unpaired) electrons. The Balaban J connectivity index is 1.78. The van der Waals surface area contributed by atoms with E-state index in [0.29, 0.717) is 23.5 Å². The molecule has 0 atom stereocenters. The minimum Gasteiger partial charge on any atom is -0.488 e. The lowest BCUT2D eigenvalue weighted by molar-refractivity contribution is 0.103. The second-order valence-electron chi connectivity index (χ2n) is 6.13. The third-order valence-corrected chi connectivity index (χ3v) is 4.39. The van der Waals surface area contributed by atoms with Crippen LogP contribution in [0.3, 0.4) is 0 Å². The fourth-order valence-electron chi connectivity index (χ4n) is 3.08. The lowest BCUT2D eigenvalue weighted by Gasteiger charge is -2.14. The van der Waals surface area contributed by atoms with Gasteiger partial charge in [-0.05, 0) is 22.4 Å². The molecule has 0 unspecified atom stereocenters. The summed E-state index contributed by atoms with van der Waals surface area (Å²) in [7, 11) is 0. The van der Waals surface area contributed by atoms with E-state index in [9.17, 15) is 4.79 Å². The first-order valence-corrected chi connectivity index (χ1v) is 8.61. The molecular weight excluding hydrogens is 320 g/mol. The van der Waals surface area contributed by atoms with Crippen molar-refractivity contribution in [2.75, 3.05) is 0 Å². The summed E-state index contributed by atoms with van der Waals surface area (Å²) in [6.45, 7) is 0.425. The maximum Gasteiger partial charge on any atom is 0.197 e. The van der Waals surface area contributed by atoms with Gasteiger partial charge in [0.25, 0.3) is 0 Å². The summed E-state index contributed by atoms with van der Waals surface area (Å²) in [5, 5.41) is 1.94. The highest BCUT2D eigenvalue weighted by Gasteiger charge is 2.18. The maximum absolute atomic E-state index is 13.2. The van der Waals surface area contributed by atoms with Gasteiger partial charge >= 0.3 is 0 Å². The Labute approximate surface area is 152 Å². The molecule has 0 aliphatic carbocycles. The van der Waals surface area contributed by atoms with Crippen LogP contribution >= 0.6 is 0 Å². The third kappa shape index (κ3) is 3.22. The molecule has 2 nitrogen and oxygen atoms in total. The van der Waals surface area contributed by atoms with Crippen molar-refractivity contribution in [3.63, 3.8) is 0 Å². The minimum absolute atomic E-state index is 0.0227. The minimum atomic E-state index is -0.0227. The third-order valence-electron chi connectivity index (χ3n) is 4.39. The topological polar surface area (TPSA) is 26.3 Å². The number of hydrogen-bond acceptors (Lipinski definition) is 2. The molecule has 0 aliphatic heterocycles. The molecule has 0 amide bonds. The average Bonchev–Trinajstić information content (AvgIpc) is 2.72. The van der Waals surface area contributed by atoms with Crippen LogP contribution in [0.25, 0.3) is 10.8 Å². The molecule has 0 saturated carbocycles. The summed E-state index contributed by atoms with van der Waals surface area (Å²) >= 11 is 0. The van der Waals surface area contributed by atoms with E-state index in [-0.39, 0.29) is 5.78 Å². The standard InChI is InChI=1S/C24H18O2/c25-24(20-12-5-2-6-13-20)23-21-14-8-7-11-19(21)15-16-22(23)26-17-18-9-3-1-4-10-18/h1-16H,17H2. The van der Waals surface area contributed by atoms with Gasteiger partial charge in [0.1, 0.15) is 12.4 Å². The lowest BCUT2D eigenvalue weighted by Crippen LogP contribution is -2.06. The normalized spacial score (nSPS) is 10.6. The van der Waals surface area contributed by atoms with Gasteiger partial charge in [-0.3, -0.25) is 4.79 Å². The fourth-order valence-corrected chi connectivity index (χ4v) is 3.08. The number of hydrogen-bond donors (Lipinski definition) is 0. The van der Waals surface area contributed by atoms with Gasteiger partial charge in [-0.15, -0.1) is 0 Å².